The number of halogens is 2. The van der Waals surface area contributed by atoms with Gasteiger partial charge in [0.05, 0.1) is 16.8 Å². The van der Waals surface area contributed by atoms with Gasteiger partial charge in [-0.1, -0.05) is 44.0 Å². The molecule has 0 spiro atoms. The van der Waals surface area contributed by atoms with E-state index in [9.17, 15) is 10.1 Å². The number of carbonyl (C=O) groups excluding carboxylic acids is 1. The Morgan fingerprint density at radius 2 is 2.07 bits per heavy atom. The third-order valence-corrected chi connectivity index (χ3v) is 4.58. The molecule has 2 aromatic carbocycles. The lowest BCUT2D eigenvalue weighted by Gasteiger charge is -2.13. The molecule has 3 rings (SSSR count). The molecule has 0 radical (unpaired) electrons. The minimum absolute atomic E-state index is 0.223. The van der Waals surface area contributed by atoms with E-state index in [1.54, 1.807) is 18.3 Å². The lowest BCUT2D eigenvalue weighted by atomic mass is 10.1. The number of anilines is 3. The first-order chi connectivity index (χ1) is 13.1. The number of nitriles is 1. The molecule has 0 fully saturated rings. The molecule has 7 heteroatoms. The fourth-order valence-electron chi connectivity index (χ4n) is 2.54. The second-order valence-corrected chi connectivity index (χ2v) is 7.14. The van der Waals surface area contributed by atoms with Gasteiger partial charge in [0.15, 0.2) is 0 Å². The van der Waals surface area contributed by atoms with Gasteiger partial charge in [0.2, 0.25) is 5.91 Å². The zero-order valence-corrected chi connectivity index (χ0v) is 17.2. The highest BCUT2D eigenvalue weighted by molar-refractivity contribution is 9.10. The number of benzene rings is 2. The molecule has 0 unspecified atom stereocenters. The van der Waals surface area contributed by atoms with Gasteiger partial charge in [-0.2, -0.15) is 5.26 Å². The Kier molecular flexibility index (Phi) is 6.22. The molecule has 1 heterocycles. The van der Waals surface area contributed by atoms with Crippen LogP contribution in [0.3, 0.4) is 0 Å². The van der Waals surface area contributed by atoms with Crippen molar-refractivity contribution in [1.82, 2.24) is 4.98 Å². The Bertz CT molecular complexity index is 1070. The van der Waals surface area contributed by atoms with Crippen LogP contribution in [0.25, 0.3) is 10.9 Å². The number of rotatable bonds is 5. The van der Waals surface area contributed by atoms with Crippen LogP contribution in [0.15, 0.2) is 65.3 Å². The van der Waals surface area contributed by atoms with Crippen molar-refractivity contribution >= 4 is 65.7 Å². The first-order valence-electron chi connectivity index (χ1n) is 7.99. The average molecular weight is 486 g/mol. The number of pyridine rings is 1. The van der Waals surface area contributed by atoms with Gasteiger partial charge in [-0.05, 0) is 36.4 Å². The third kappa shape index (κ3) is 4.73. The number of hydrogen-bond donors (Lipinski definition) is 2. The number of amides is 1. The molecule has 0 aliphatic rings. The van der Waals surface area contributed by atoms with E-state index in [1.165, 1.54) is 6.08 Å². The number of nitrogens with one attached hydrogen (secondary N) is 2. The maximum atomic E-state index is 11.9. The molecule has 0 bridgehead atoms. The van der Waals surface area contributed by atoms with Gasteiger partial charge in [-0.15, -0.1) is 0 Å². The van der Waals surface area contributed by atoms with Gasteiger partial charge in [-0.25, -0.2) is 0 Å². The summed E-state index contributed by atoms with van der Waals surface area (Å²) in [5.74, 6) is -0.223. The summed E-state index contributed by atoms with van der Waals surface area (Å²) in [5.41, 5.74) is 3.25. The number of carbonyl (C=O) groups is 1. The Morgan fingerprint density at radius 1 is 1.22 bits per heavy atom. The van der Waals surface area contributed by atoms with Crippen LogP contribution in [-0.2, 0) is 4.79 Å². The quantitative estimate of drug-likeness (QED) is 0.369. The highest BCUT2D eigenvalue weighted by Gasteiger charge is 2.11. The molecular weight excluding hydrogens is 472 g/mol. The van der Waals surface area contributed by atoms with E-state index in [4.69, 9.17) is 0 Å². The van der Waals surface area contributed by atoms with Crippen LogP contribution in [0, 0.1) is 11.3 Å². The van der Waals surface area contributed by atoms with E-state index in [-0.39, 0.29) is 5.91 Å². The topological polar surface area (TPSA) is 77.8 Å². The summed E-state index contributed by atoms with van der Waals surface area (Å²) >= 11 is 6.69. The highest BCUT2D eigenvalue weighted by Crippen LogP contribution is 2.31. The van der Waals surface area contributed by atoms with Crippen LogP contribution in [-0.4, -0.2) is 16.2 Å². The number of allylic oxidation sites excluding steroid dienone is 1. The Hall–Kier alpha value is -2.69. The van der Waals surface area contributed by atoms with Crippen molar-refractivity contribution in [2.75, 3.05) is 16.0 Å². The summed E-state index contributed by atoms with van der Waals surface area (Å²) in [6, 6.07) is 15.2. The van der Waals surface area contributed by atoms with Gasteiger partial charge in [-0.3, -0.25) is 9.78 Å². The molecule has 5 nitrogen and oxygen atoms in total. The fourth-order valence-corrected chi connectivity index (χ4v) is 3.12. The molecule has 0 aliphatic carbocycles. The van der Waals surface area contributed by atoms with Crippen LogP contribution < -0.4 is 10.6 Å². The molecular formula is C20H14Br2N4O. The lowest BCUT2D eigenvalue weighted by molar-refractivity contribution is -0.111. The summed E-state index contributed by atoms with van der Waals surface area (Å²) < 4.78 is 0.927. The van der Waals surface area contributed by atoms with Crippen molar-refractivity contribution in [2.24, 2.45) is 0 Å². The minimum atomic E-state index is -0.223. The normalized spacial score (nSPS) is 10.7. The summed E-state index contributed by atoms with van der Waals surface area (Å²) in [6.07, 6.45) is 4.72. The smallest absolute Gasteiger partial charge is 0.248 e. The van der Waals surface area contributed by atoms with Crippen molar-refractivity contribution in [3.63, 3.8) is 0 Å². The maximum absolute atomic E-state index is 11.9. The largest absolute Gasteiger partial charge is 0.354 e. The predicted octanol–water partition coefficient (Wildman–Crippen LogP) is 5.50. The molecule has 2 N–H and O–H groups in total. The van der Waals surface area contributed by atoms with Crippen LogP contribution in [0.4, 0.5) is 17.1 Å². The maximum Gasteiger partial charge on any atom is 0.248 e. The van der Waals surface area contributed by atoms with Crippen molar-refractivity contribution in [1.29, 1.82) is 5.26 Å². The molecule has 134 valence electrons. The average Bonchev–Trinajstić information content (AvgIpc) is 2.67. The Labute approximate surface area is 173 Å². The molecule has 0 saturated heterocycles. The molecule has 27 heavy (non-hydrogen) atoms. The zero-order chi connectivity index (χ0) is 19.2. The van der Waals surface area contributed by atoms with Crippen LogP contribution in [0.1, 0.15) is 5.56 Å². The molecule has 1 amide bonds. The highest BCUT2D eigenvalue weighted by atomic mass is 79.9. The number of aromatic nitrogens is 1. The van der Waals surface area contributed by atoms with Crippen molar-refractivity contribution < 1.29 is 4.79 Å². The number of fused-ring (bicyclic) bond motifs is 1. The first kappa shape index (κ1) is 19.1. The molecule has 0 aliphatic heterocycles. The third-order valence-electron chi connectivity index (χ3n) is 3.71. The molecule has 1 aromatic heterocycles. The first-order valence-corrected chi connectivity index (χ1v) is 9.91. The molecule has 3 aromatic rings. The van der Waals surface area contributed by atoms with E-state index in [0.29, 0.717) is 22.3 Å². The monoisotopic (exact) mass is 484 g/mol. The lowest BCUT2D eigenvalue weighted by Crippen LogP contribution is -2.08. The van der Waals surface area contributed by atoms with Crippen LogP contribution in [0.5, 0.6) is 0 Å². The van der Waals surface area contributed by atoms with E-state index in [0.717, 1.165) is 21.1 Å². The SMILES string of the molecule is N#Cc1cnc2ccc(NC(=O)/C=C/CBr)cc2c1Nc1cccc(Br)c1. The van der Waals surface area contributed by atoms with Gasteiger partial charge in [0.25, 0.3) is 0 Å². The minimum Gasteiger partial charge on any atom is -0.354 e. The second-order valence-electron chi connectivity index (χ2n) is 5.57. The van der Waals surface area contributed by atoms with E-state index < -0.39 is 0 Å². The zero-order valence-electron chi connectivity index (χ0n) is 14.0. The van der Waals surface area contributed by atoms with Gasteiger partial charge >= 0.3 is 0 Å². The van der Waals surface area contributed by atoms with Crippen LogP contribution >= 0.6 is 31.9 Å². The number of alkyl halides is 1. The Morgan fingerprint density at radius 3 is 2.81 bits per heavy atom. The van der Waals surface area contributed by atoms with Crippen molar-refractivity contribution in [3.8, 4) is 6.07 Å². The molecule has 0 saturated carbocycles. The Balaban J connectivity index is 2.04. The molecule has 0 atom stereocenters. The standard InChI is InChI=1S/C20H14Br2N4O/c21-8-2-5-19(27)25-16-6-7-18-17(10-16)20(13(11-23)12-24-18)26-15-4-1-3-14(22)9-15/h1-7,9-10,12H,8H2,(H,24,26)(H,25,27)/b5-2+. The van der Waals surface area contributed by atoms with E-state index in [2.05, 4.69) is 53.5 Å². The predicted molar refractivity (Wildman–Crippen MR) is 115 cm³/mol. The summed E-state index contributed by atoms with van der Waals surface area (Å²) in [7, 11) is 0. The van der Waals surface area contributed by atoms with Gasteiger partial charge in [0, 0.05) is 38.8 Å². The number of nitrogens with zero attached hydrogens (tertiary/aromatic N) is 2. The van der Waals surface area contributed by atoms with Gasteiger partial charge in [0.1, 0.15) is 6.07 Å². The fraction of sp³-hybridized carbons (Fsp3) is 0.0500. The van der Waals surface area contributed by atoms with Crippen molar-refractivity contribution in [2.45, 2.75) is 0 Å². The second kappa shape index (κ2) is 8.80. The summed E-state index contributed by atoms with van der Waals surface area (Å²) in [5, 5.41) is 17.0. The van der Waals surface area contributed by atoms with E-state index >= 15 is 0 Å². The van der Waals surface area contributed by atoms with Crippen LogP contribution in [0.2, 0.25) is 0 Å². The van der Waals surface area contributed by atoms with E-state index in [1.807, 2.05) is 36.4 Å². The summed E-state index contributed by atoms with van der Waals surface area (Å²) in [6.45, 7) is 0. The summed E-state index contributed by atoms with van der Waals surface area (Å²) in [4.78, 5) is 16.3. The van der Waals surface area contributed by atoms with Gasteiger partial charge < -0.3 is 10.6 Å². The number of hydrogen-bond acceptors (Lipinski definition) is 4. The van der Waals surface area contributed by atoms with Crippen molar-refractivity contribution in [3.05, 3.63) is 70.8 Å².